The second-order valence-electron chi connectivity index (χ2n) is 4.79. The van der Waals surface area contributed by atoms with Gasteiger partial charge in [-0.2, -0.15) is 0 Å². The number of imide groups is 1. The lowest BCUT2D eigenvalue weighted by molar-refractivity contribution is -0.116. The Labute approximate surface area is 127 Å². The van der Waals surface area contributed by atoms with Crippen LogP contribution in [-0.4, -0.2) is 16.5 Å². The maximum absolute atomic E-state index is 12.5. The van der Waals surface area contributed by atoms with Gasteiger partial charge in [0, 0.05) is 5.69 Å². The Hall–Kier alpha value is -2.27. The molecule has 0 spiro atoms. The molecular weight excluding hydrogens is 284 g/mol. The van der Waals surface area contributed by atoms with E-state index in [4.69, 9.17) is 0 Å². The number of hydrogen-bond acceptors (Lipinski definition) is 4. The average Bonchev–Trinajstić information content (AvgIpc) is 2.74. The SMILES string of the molecule is Cc1cccc(N2C(=O)S[C@@H](Nc3ccccc3)C2=O)c1. The van der Waals surface area contributed by atoms with Crippen molar-refractivity contribution in [2.24, 2.45) is 0 Å². The second-order valence-corrected chi connectivity index (χ2v) is 5.84. The van der Waals surface area contributed by atoms with Gasteiger partial charge in [0.2, 0.25) is 0 Å². The van der Waals surface area contributed by atoms with Gasteiger partial charge in [0.25, 0.3) is 11.1 Å². The molecule has 1 N–H and O–H groups in total. The molecule has 5 heteroatoms. The summed E-state index contributed by atoms with van der Waals surface area (Å²) in [5, 5.41) is 2.25. The third-order valence-corrected chi connectivity index (χ3v) is 4.12. The Balaban J connectivity index is 1.82. The molecule has 0 radical (unpaired) electrons. The number of anilines is 2. The van der Waals surface area contributed by atoms with E-state index < -0.39 is 5.37 Å². The van der Waals surface area contributed by atoms with Crippen LogP contribution in [0.25, 0.3) is 0 Å². The summed E-state index contributed by atoms with van der Waals surface area (Å²) in [6.45, 7) is 1.93. The van der Waals surface area contributed by atoms with Crippen molar-refractivity contribution in [3.63, 3.8) is 0 Å². The normalized spacial score (nSPS) is 18.1. The number of nitrogens with one attached hydrogen (secondary N) is 1. The number of nitrogens with zero attached hydrogens (tertiary/aromatic N) is 1. The summed E-state index contributed by atoms with van der Waals surface area (Å²) in [4.78, 5) is 25.8. The van der Waals surface area contributed by atoms with E-state index in [0.29, 0.717) is 5.69 Å². The number of benzene rings is 2. The minimum absolute atomic E-state index is 0.237. The van der Waals surface area contributed by atoms with Crippen LogP contribution in [0, 0.1) is 6.92 Å². The zero-order valence-corrected chi connectivity index (χ0v) is 12.3. The fraction of sp³-hybridized carbons (Fsp3) is 0.125. The van der Waals surface area contributed by atoms with E-state index in [1.54, 1.807) is 6.07 Å². The molecule has 3 rings (SSSR count). The molecule has 1 saturated heterocycles. The van der Waals surface area contributed by atoms with Crippen molar-refractivity contribution in [1.82, 2.24) is 0 Å². The average molecular weight is 298 g/mol. The van der Waals surface area contributed by atoms with E-state index in [-0.39, 0.29) is 11.1 Å². The Morgan fingerprint density at radius 2 is 1.81 bits per heavy atom. The first kappa shape index (κ1) is 13.7. The molecule has 0 saturated carbocycles. The lowest BCUT2D eigenvalue weighted by atomic mass is 10.2. The zero-order chi connectivity index (χ0) is 14.8. The first-order chi connectivity index (χ1) is 10.1. The molecular formula is C16H14N2O2S. The first-order valence-electron chi connectivity index (χ1n) is 6.58. The van der Waals surface area contributed by atoms with Crippen molar-refractivity contribution in [1.29, 1.82) is 0 Å². The number of rotatable bonds is 3. The minimum atomic E-state index is -0.583. The number of amides is 2. The van der Waals surface area contributed by atoms with Gasteiger partial charge in [-0.1, -0.05) is 30.3 Å². The van der Waals surface area contributed by atoms with Gasteiger partial charge in [-0.25, -0.2) is 4.90 Å². The molecule has 21 heavy (non-hydrogen) atoms. The highest BCUT2D eigenvalue weighted by Crippen LogP contribution is 2.32. The molecule has 1 aliphatic rings. The predicted octanol–water partition coefficient (Wildman–Crippen LogP) is 3.63. The van der Waals surface area contributed by atoms with Crippen molar-refractivity contribution in [2.45, 2.75) is 12.3 Å². The van der Waals surface area contributed by atoms with Crippen LogP contribution in [-0.2, 0) is 4.79 Å². The standard InChI is InChI=1S/C16H14N2O2S/c1-11-6-5-9-13(10-11)18-15(19)14(21-16(18)20)17-12-7-3-2-4-8-12/h2-10,14,17H,1H3/t14-/m1/s1. The van der Waals surface area contributed by atoms with E-state index >= 15 is 0 Å². The monoisotopic (exact) mass is 298 g/mol. The van der Waals surface area contributed by atoms with Gasteiger partial charge >= 0.3 is 0 Å². The summed E-state index contributed by atoms with van der Waals surface area (Å²) in [6, 6.07) is 16.8. The summed E-state index contributed by atoms with van der Waals surface area (Å²) >= 11 is 1.00. The second kappa shape index (κ2) is 5.61. The third kappa shape index (κ3) is 2.78. The molecule has 2 amide bonds. The van der Waals surface area contributed by atoms with E-state index in [2.05, 4.69) is 5.32 Å². The number of aryl methyl sites for hydroxylation is 1. The quantitative estimate of drug-likeness (QED) is 0.940. The van der Waals surface area contributed by atoms with Crippen LogP contribution in [0.3, 0.4) is 0 Å². The van der Waals surface area contributed by atoms with Gasteiger partial charge < -0.3 is 5.32 Å². The molecule has 0 unspecified atom stereocenters. The van der Waals surface area contributed by atoms with Gasteiger partial charge in [0.15, 0.2) is 5.37 Å². The van der Waals surface area contributed by atoms with E-state index in [9.17, 15) is 9.59 Å². The van der Waals surface area contributed by atoms with Crippen LogP contribution in [0.15, 0.2) is 54.6 Å². The van der Waals surface area contributed by atoms with Crippen molar-refractivity contribution in [3.05, 3.63) is 60.2 Å². The predicted molar refractivity (Wildman–Crippen MR) is 85.5 cm³/mol. The van der Waals surface area contributed by atoms with Crippen LogP contribution in [0.4, 0.5) is 16.2 Å². The van der Waals surface area contributed by atoms with Gasteiger partial charge in [-0.3, -0.25) is 9.59 Å². The summed E-state index contributed by atoms with van der Waals surface area (Å²) in [7, 11) is 0. The van der Waals surface area contributed by atoms with E-state index in [1.165, 1.54) is 4.90 Å². The van der Waals surface area contributed by atoms with Gasteiger partial charge in [0.1, 0.15) is 0 Å². The van der Waals surface area contributed by atoms with Crippen LogP contribution in [0.5, 0.6) is 0 Å². The number of para-hydroxylation sites is 1. The molecule has 1 heterocycles. The number of hydrogen-bond donors (Lipinski definition) is 1. The smallest absolute Gasteiger partial charge is 0.295 e. The molecule has 1 fully saturated rings. The van der Waals surface area contributed by atoms with Crippen molar-refractivity contribution < 1.29 is 9.59 Å². The molecule has 1 aliphatic heterocycles. The molecule has 0 bridgehead atoms. The summed E-state index contributed by atoms with van der Waals surface area (Å²) in [5.41, 5.74) is 2.45. The third-order valence-electron chi connectivity index (χ3n) is 3.18. The highest BCUT2D eigenvalue weighted by molar-refractivity contribution is 8.16. The Morgan fingerprint density at radius 3 is 2.52 bits per heavy atom. The molecule has 1 atom stereocenters. The van der Waals surface area contributed by atoms with Crippen LogP contribution >= 0.6 is 11.8 Å². The summed E-state index contributed by atoms with van der Waals surface area (Å²) in [6.07, 6.45) is 0. The zero-order valence-electron chi connectivity index (χ0n) is 11.4. The molecule has 106 valence electrons. The fourth-order valence-electron chi connectivity index (χ4n) is 2.19. The van der Waals surface area contributed by atoms with Crippen LogP contribution in [0.2, 0.25) is 0 Å². The summed E-state index contributed by atoms with van der Waals surface area (Å²) < 4.78 is 0. The van der Waals surface area contributed by atoms with E-state index in [0.717, 1.165) is 23.0 Å². The van der Waals surface area contributed by atoms with Crippen molar-refractivity contribution >= 4 is 34.3 Å². The fourth-order valence-corrected chi connectivity index (χ4v) is 3.09. The van der Waals surface area contributed by atoms with Crippen LogP contribution < -0.4 is 10.2 Å². The van der Waals surface area contributed by atoms with E-state index in [1.807, 2.05) is 55.5 Å². The number of carbonyl (C=O) groups is 2. The molecule has 0 aliphatic carbocycles. The highest BCUT2D eigenvalue weighted by Gasteiger charge is 2.40. The Kier molecular flexibility index (Phi) is 3.66. The minimum Gasteiger partial charge on any atom is -0.365 e. The summed E-state index contributed by atoms with van der Waals surface area (Å²) in [5.74, 6) is -0.237. The lowest BCUT2D eigenvalue weighted by Gasteiger charge is -2.15. The maximum atomic E-state index is 12.5. The number of thioether (sulfide) groups is 1. The van der Waals surface area contributed by atoms with Crippen LogP contribution in [0.1, 0.15) is 5.56 Å². The Bertz CT molecular complexity index is 688. The number of carbonyl (C=O) groups excluding carboxylic acids is 2. The van der Waals surface area contributed by atoms with Gasteiger partial charge in [-0.15, -0.1) is 0 Å². The highest BCUT2D eigenvalue weighted by atomic mass is 32.2. The topological polar surface area (TPSA) is 49.4 Å². The maximum Gasteiger partial charge on any atom is 0.295 e. The molecule has 0 aromatic heterocycles. The molecule has 2 aromatic carbocycles. The first-order valence-corrected chi connectivity index (χ1v) is 7.46. The Morgan fingerprint density at radius 1 is 1.05 bits per heavy atom. The van der Waals surface area contributed by atoms with Crippen molar-refractivity contribution in [3.8, 4) is 0 Å². The van der Waals surface area contributed by atoms with Gasteiger partial charge in [-0.05, 0) is 48.5 Å². The molecule has 2 aromatic rings. The largest absolute Gasteiger partial charge is 0.365 e. The molecule has 4 nitrogen and oxygen atoms in total. The van der Waals surface area contributed by atoms with Gasteiger partial charge in [0.05, 0.1) is 5.69 Å². The lowest BCUT2D eigenvalue weighted by Crippen LogP contribution is -2.34. The van der Waals surface area contributed by atoms with Crippen molar-refractivity contribution in [2.75, 3.05) is 10.2 Å².